The maximum Gasteiger partial charge on any atom is 0.405 e. The van der Waals surface area contributed by atoms with Gasteiger partial charge in [-0.2, -0.15) is 0 Å². The number of imidazole rings is 1. The number of benzene rings is 1. The van der Waals surface area contributed by atoms with E-state index in [1.165, 1.54) is 5.56 Å². The smallest absolute Gasteiger partial charge is 0.405 e. The number of para-hydroxylation sites is 1. The third kappa shape index (κ3) is 2.92. The van der Waals surface area contributed by atoms with Crippen molar-refractivity contribution in [1.82, 2.24) is 9.97 Å². The second-order valence-corrected chi connectivity index (χ2v) is 5.43. The number of nitrogens with one attached hydrogen (secondary N) is 1. The van der Waals surface area contributed by atoms with E-state index < -0.39 is 11.7 Å². The first kappa shape index (κ1) is 14.4. The standard InChI is InChI=1S/C15H21N3O2/c1-4-5-7-10-8-6-9-11-12(10)18-13(17-11)15(2,3)20-14(16)19/h6,8-9H,4-5,7H2,1-3H3,(H2,16,19)(H,17,18). The van der Waals surface area contributed by atoms with E-state index in [-0.39, 0.29) is 0 Å². The molecular formula is C15H21N3O2. The normalized spacial score (nSPS) is 11.8. The molecule has 0 saturated heterocycles. The number of ether oxygens (including phenoxy) is 1. The molecule has 0 aliphatic carbocycles. The molecule has 0 aliphatic heterocycles. The Hall–Kier alpha value is -2.04. The average molecular weight is 275 g/mol. The van der Waals surface area contributed by atoms with Crippen molar-refractivity contribution in [2.75, 3.05) is 0 Å². The Kier molecular flexibility index (Phi) is 3.97. The summed E-state index contributed by atoms with van der Waals surface area (Å²) in [6, 6.07) is 6.07. The maximum absolute atomic E-state index is 11.0. The van der Waals surface area contributed by atoms with Gasteiger partial charge in [0.2, 0.25) is 0 Å². The number of nitrogens with two attached hydrogens (primary N) is 1. The molecule has 2 rings (SSSR count). The first-order valence-electron chi connectivity index (χ1n) is 6.90. The van der Waals surface area contributed by atoms with Gasteiger partial charge >= 0.3 is 6.09 Å². The molecule has 0 bridgehead atoms. The van der Waals surface area contributed by atoms with Crippen LogP contribution in [0.25, 0.3) is 11.0 Å². The van der Waals surface area contributed by atoms with Gasteiger partial charge in [0.25, 0.3) is 0 Å². The molecule has 20 heavy (non-hydrogen) atoms. The van der Waals surface area contributed by atoms with Crippen molar-refractivity contribution >= 4 is 17.1 Å². The zero-order chi connectivity index (χ0) is 14.8. The maximum atomic E-state index is 11.0. The largest absolute Gasteiger partial charge is 0.436 e. The fourth-order valence-corrected chi connectivity index (χ4v) is 2.25. The predicted octanol–water partition coefficient (Wildman–Crippen LogP) is 3.24. The fourth-order valence-electron chi connectivity index (χ4n) is 2.25. The van der Waals surface area contributed by atoms with Gasteiger partial charge in [-0.15, -0.1) is 0 Å². The fraction of sp³-hybridized carbons (Fsp3) is 0.467. The molecule has 5 nitrogen and oxygen atoms in total. The highest BCUT2D eigenvalue weighted by atomic mass is 16.6. The van der Waals surface area contributed by atoms with Crippen LogP contribution in [0.5, 0.6) is 0 Å². The summed E-state index contributed by atoms with van der Waals surface area (Å²) in [5, 5.41) is 0. The van der Waals surface area contributed by atoms with Crippen LogP contribution >= 0.6 is 0 Å². The quantitative estimate of drug-likeness (QED) is 0.879. The molecule has 108 valence electrons. The van der Waals surface area contributed by atoms with Crippen LogP contribution in [-0.4, -0.2) is 16.1 Å². The molecule has 0 radical (unpaired) electrons. The van der Waals surface area contributed by atoms with Crippen LogP contribution in [0.1, 0.15) is 45.0 Å². The van der Waals surface area contributed by atoms with Crippen molar-refractivity contribution < 1.29 is 9.53 Å². The molecule has 0 aliphatic rings. The van der Waals surface area contributed by atoms with Crippen LogP contribution < -0.4 is 5.73 Å². The molecule has 2 aromatic rings. The lowest BCUT2D eigenvalue weighted by atomic mass is 10.1. The molecule has 3 N–H and O–H groups in total. The van der Waals surface area contributed by atoms with E-state index in [4.69, 9.17) is 10.5 Å². The summed E-state index contributed by atoms with van der Waals surface area (Å²) < 4.78 is 5.12. The number of hydrogen-bond acceptors (Lipinski definition) is 3. The van der Waals surface area contributed by atoms with Crippen LogP contribution in [0.2, 0.25) is 0 Å². The van der Waals surface area contributed by atoms with Crippen LogP contribution in [0, 0.1) is 0 Å². The summed E-state index contributed by atoms with van der Waals surface area (Å²) in [6.45, 7) is 5.70. The number of unbranched alkanes of at least 4 members (excludes halogenated alkanes) is 1. The Morgan fingerprint density at radius 1 is 1.45 bits per heavy atom. The predicted molar refractivity (Wildman–Crippen MR) is 78.4 cm³/mol. The molecule has 0 saturated carbocycles. The topological polar surface area (TPSA) is 81.0 Å². The highest BCUT2D eigenvalue weighted by Gasteiger charge is 2.28. The van der Waals surface area contributed by atoms with Crippen molar-refractivity contribution in [3.05, 3.63) is 29.6 Å². The van der Waals surface area contributed by atoms with Crippen LogP contribution in [0.15, 0.2) is 18.2 Å². The van der Waals surface area contributed by atoms with Gasteiger partial charge < -0.3 is 15.5 Å². The number of hydrogen-bond donors (Lipinski definition) is 2. The zero-order valence-electron chi connectivity index (χ0n) is 12.2. The molecule has 1 amide bonds. The van der Waals surface area contributed by atoms with E-state index >= 15 is 0 Å². The molecule has 1 aromatic carbocycles. The summed E-state index contributed by atoms with van der Waals surface area (Å²) in [5.74, 6) is 0.607. The van der Waals surface area contributed by atoms with Gasteiger partial charge in [-0.25, -0.2) is 9.78 Å². The lowest BCUT2D eigenvalue weighted by Gasteiger charge is -2.21. The van der Waals surface area contributed by atoms with Crippen molar-refractivity contribution in [2.45, 2.75) is 45.6 Å². The van der Waals surface area contributed by atoms with Crippen LogP contribution in [0.4, 0.5) is 4.79 Å². The number of carbonyl (C=O) groups excluding carboxylic acids is 1. The Morgan fingerprint density at radius 2 is 2.20 bits per heavy atom. The molecule has 0 spiro atoms. The number of primary amides is 1. The van der Waals surface area contributed by atoms with E-state index in [1.54, 1.807) is 13.8 Å². The number of aromatic amines is 1. The van der Waals surface area contributed by atoms with Gasteiger partial charge in [-0.05, 0) is 38.3 Å². The first-order chi connectivity index (χ1) is 9.44. The summed E-state index contributed by atoms with van der Waals surface area (Å²) in [7, 11) is 0. The van der Waals surface area contributed by atoms with E-state index in [1.807, 2.05) is 12.1 Å². The monoisotopic (exact) mass is 275 g/mol. The van der Waals surface area contributed by atoms with E-state index in [0.717, 1.165) is 30.3 Å². The van der Waals surface area contributed by atoms with Crippen molar-refractivity contribution in [1.29, 1.82) is 0 Å². The third-order valence-electron chi connectivity index (χ3n) is 3.32. The number of aryl methyl sites for hydroxylation is 1. The number of rotatable bonds is 5. The van der Waals surface area contributed by atoms with Gasteiger partial charge in [-0.1, -0.05) is 25.5 Å². The minimum atomic E-state index is -0.868. The molecule has 0 fully saturated rings. The van der Waals surface area contributed by atoms with Gasteiger partial charge in [-0.3, -0.25) is 0 Å². The number of amides is 1. The Labute approximate surface area is 118 Å². The molecular weight excluding hydrogens is 254 g/mol. The summed E-state index contributed by atoms with van der Waals surface area (Å²) in [5.41, 5.74) is 7.34. The van der Waals surface area contributed by atoms with Crippen molar-refractivity contribution in [2.24, 2.45) is 5.73 Å². The molecule has 5 heteroatoms. The van der Waals surface area contributed by atoms with Gasteiger partial charge in [0.15, 0.2) is 11.4 Å². The Bertz CT molecular complexity index is 617. The lowest BCUT2D eigenvalue weighted by Crippen LogP contribution is -2.29. The number of H-pyrrole nitrogens is 1. The van der Waals surface area contributed by atoms with E-state index in [9.17, 15) is 4.79 Å². The molecule has 0 atom stereocenters. The number of carbonyl (C=O) groups is 1. The third-order valence-corrected chi connectivity index (χ3v) is 3.32. The summed E-state index contributed by atoms with van der Waals surface area (Å²) >= 11 is 0. The van der Waals surface area contributed by atoms with Crippen molar-refractivity contribution in [3.8, 4) is 0 Å². The van der Waals surface area contributed by atoms with Gasteiger partial charge in [0, 0.05) is 0 Å². The van der Waals surface area contributed by atoms with E-state index in [0.29, 0.717) is 5.82 Å². The molecule has 1 aromatic heterocycles. The number of nitrogens with zero attached hydrogens (tertiary/aromatic N) is 1. The SMILES string of the molecule is CCCCc1cccc2[nH]c(C(C)(C)OC(N)=O)nc12. The number of fused-ring (bicyclic) bond motifs is 1. The molecule has 1 heterocycles. The second kappa shape index (κ2) is 5.53. The van der Waals surface area contributed by atoms with Crippen molar-refractivity contribution in [3.63, 3.8) is 0 Å². The Balaban J connectivity index is 2.40. The molecule has 0 unspecified atom stereocenters. The summed E-state index contributed by atoms with van der Waals surface area (Å²) in [4.78, 5) is 18.8. The minimum Gasteiger partial charge on any atom is -0.436 e. The van der Waals surface area contributed by atoms with Gasteiger partial charge in [0.1, 0.15) is 0 Å². The number of aromatic nitrogens is 2. The Morgan fingerprint density at radius 3 is 2.85 bits per heavy atom. The summed E-state index contributed by atoms with van der Waals surface area (Å²) in [6.07, 6.45) is 2.46. The van der Waals surface area contributed by atoms with E-state index in [2.05, 4.69) is 23.0 Å². The first-order valence-corrected chi connectivity index (χ1v) is 6.90. The lowest BCUT2D eigenvalue weighted by molar-refractivity contribution is 0.0372. The highest BCUT2D eigenvalue weighted by Crippen LogP contribution is 2.26. The average Bonchev–Trinajstić information content (AvgIpc) is 2.80. The van der Waals surface area contributed by atoms with Gasteiger partial charge in [0.05, 0.1) is 11.0 Å². The van der Waals surface area contributed by atoms with Crippen LogP contribution in [-0.2, 0) is 16.8 Å². The highest BCUT2D eigenvalue weighted by molar-refractivity contribution is 5.79. The minimum absolute atomic E-state index is 0.607. The zero-order valence-corrected chi connectivity index (χ0v) is 12.2. The second-order valence-electron chi connectivity index (χ2n) is 5.43. The van der Waals surface area contributed by atoms with Crippen LogP contribution in [0.3, 0.4) is 0 Å².